The van der Waals surface area contributed by atoms with Gasteiger partial charge in [-0.05, 0) is 34.1 Å². The maximum Gasteiger partial charge on any atom is 0.434 e. The zero-order valence-electron chi connectivity index (χ0n) is 9.16. The van der Waals surface area contributed by atoms with E-state index in [0.717, 1.165) is 6.29 Å². The first-order chi connectivity index (χ1) is 6.35. The Balaban J connectivity index is 4.08. The van der Waals surface area contributed by atoms with E-state index in [2.05, 4.69) is 4.99 Å². The van der Waals surface area contributed by atoms with Crippen molar-refractivity contribution in [2.24, 2.45) is 4.99 Å². The van der Waals surface area contributed by atoms with Gasteiger partial charge < -0.3 is 9.53 Å². The molecule has 0 bridgehead atoms. The summed E-state index contributed by atoms with van der Waals surface area (Å²) in [5.74, 6) is 0. The number of nitrogens with zero attached hydrogens (tertiary/aromatic N) is 1. The minimum absolute atomic E-state index is 0.387. The van der Waals surface area contributed by atoms with Crippen LogP contribution >= 0.6 is 0 Å². The van der Waals surface area contributed by atoms with Gasteiger partial charge >= 0.3 is 6.09 Å². The van der Waals surface area contributed by atoms with E-state index in [1.807, 2.05) is 0 Å². The maximum atomic E-state index is 11.1. The second-order valence-corrected chi connectivity index (χ2v) is 4.03. The van der Waals surface area contributed by atoms with E-state index in [0.29, 0.717) is 18.6 Å². The van der Waals surface area contributed by atoms with Crippen molar-refractivity contribution in [3.8, 4) is 0 Å². The zero-order valence-corrected chi connectivity index (χ0v) is 9.16. The molecule has 0 aromatic heterocycles. The Labute approximate surface area is 84.4 Å². The fourth-order valence-corrected chi connectivity index (χ4v) is 0.764. The van der Waals surface area contributed by atoms with Gasteiger partial charge in [0.2, 0.25) is 0 Å². The fourth-order valence-electron chi connectivity index (χ4n) is 0.764. The van der Waals surface area contributed by atoms with Crippen LogP contribution in [0.15, 0.2) is 4.99 Å². The van der Waals surface area contributed by atoms with Crippen molar-refractivity contribution < 1.29 is 14.3 Å². The second-order valence-electron chi connectivity index (χ2n) is 4.03. The molecule has 0 N–H and O–H groups in total. The number of hydrogen-bond acceptors (Lipinski definition) is 3. The summed E-state index contributed by atoms with van der Waals surface area (Å²) in [4.78, 5) is 24.9. The molecule has 1 amide bonds. The van der Waals surface area contributed by atoms with Gasteiger partial charge in [-0.1, -0.05) is 0 Å². The Morgan fingerprint density at radius 2 is 2.00 bits per heavy atom. The summed E-state index contributed by atoms with van der Waals surface area (Å²) in [5, 5.41) is 0. The lowest BCUT2D eigenvalue weighted by Gasteiger charge is -2.17. The van der Waals surface area contributed by atoms with Crippen molar-refractivity contribution in [1.82, 2.24) is 0 Å². The standard InChI is InChI=1S/C10H17NO3/c1-8(6-5-7-12)11-9(13)14-10(2,3)4/h7H,5-6H2,1-4H3. The van der Waals surface area contributed by atoms with E-state index in [-0.39, 0.29) is 0 Å². The molecule has 0 aliphatic rings. The third kappa shape index (κ3) is 7.46. The Morgan fingerprint density at radius 3 is 2.43 bits per heavy atom. The van der Waals surface area contributed by atoms with E-state index >= 15 is 0 Å². The predicted molar refractivity (Wildman–Crippen MR) is 54.6 cm³/mol. The molecule has 0 atom stereocenters. The van der Waals surface area contributed by atoms with Crippen molar-refractivity contribution in [1.29, 1.82) is 0 Å². The topological polar surface area (TPSA) is 55.7 Å². The first-order valence-electron chi connectivity index (χ1n) is 4.56. The van der Waals surface area contributed by atoms with Crippen molar-refractivity contribution in [3.05, 3.63) is 0 Å². The fraction of sp³-hybridized carbons (Fsp3) is 0.700. The number of amides is 1. The molecule has 0 aromatic carbocycles. The minimum atomic E-state index is -0.596. The first-order valence-corrected chi connectivity index (χ1v) is 4.56. The molecule has 0 heterocycles. The molecule has 0 saturated carbocycles. The molecule has 0 rings (SSSR count). The highest BCUT2D eigenvalue weighted by atomic mass is 16.6. The summed E-state index contributed by atoms with van der Waals surface area (Å²) in [7, 11) is 0. The molecule has 0 fully saturated rings. The Morgan fingerprint density at radius 1 is 1.43 bits per heavy atom. The van der Waals surface area contributed by atoms with Crippen LogP contribution in [-0.4, -0.2) is 23.7 Å². The maximum absolute atomic E-state index is 11.1. The van der Waals surface area contributed by atoms with E-state index in [1.54, 1.807) is 27.7 Å². The number of carbonyl (C=O) groups excluding carboxylic acids is 2. The van der Waals surface area contributed by atoms with Crippen LogP contribution < -0.4 is 0 Å². The summed E-state index contributed by atoms with van der Waals surface area (Å²) in [6.07, 6.45) is 1.09. The van der Waals surface area contributed by atoms with Crippen LogP contribution in [0.4, 0.5) is 4.79 Å². The molecule has 4 heteroatoms. The molecule has 0 aliphatic carbocycles. The largest absolute Gasteiger partial charge is 0.442 e. The second kappa shape index (κ2) is 5.52. The van der Waals surface area contributed by atoms with Gasteiger partial charge in [0, 0.05) is 12.1 Å². The Bertz CT molecular complexity index is 238. The zero-order chi connectivity index (χ0) is 11.2. The van der Waals surface area contributed by atoms with Gasteiger partial charge in [-0.25, -0.2) is 4.79 Å². The third-order valence-corrected chi connectivity index (χ3v) is 1.30. The molecule has 0 unspecified atom stereocenters. The molecule has 0 aliphatic heterocycles. The third-order valence-electron chi connectivity index (χ3n) is 1.30. The average Bonchev–Trinajstić information content (AvgIpc) is 1.96. The summed E-state index contributed by atoms with van der Waals surface area (Å²) in [5.41, 5.74) is 0.0947. The number of hydrogen-bond donors (Lipinski definition) is 0. The molecule has 4 nitrogen and oxygen atoms in total. The minimum Gasteiger partial charge on any atom is -0.442 e. The number of aldehydes is 1. The molecular formula is C10H17NO3. The highest BCUT2D eigenvalue weighted by molar-refractivity contribution is 5.92. The summed E-state index contributed by atoms with van der Waals surface area (Å²) >= 11 is 0. The number of carbonyl (C=O) groups is 2. The highest BCUT2D eigenvalue weighted by Gasteiger charge is 2.15. The van der Waals surface area contributed by atoms with Crippen molar-refractivity contribution >= 4 is 18.1 Å². The van der Waals surface area contributed by atoms with Crippen LogP contribution in [0.3, 0.4) is 0 Å². The van der Waals surface area contributed by atoms with Crippen LogP contribution in [0.1, 0.15) is 40.5 Å². The summed E-state index contributed by atoms with van der Waals surface area (Å²) in [6.45, 7) is 7.04. The van der Waals surface area contributed by atoms with Crippen molar-refractivity contribution in [3.63, 3.8) is 0 Å². The molecule has 0 radical (unpaired) electrons. The van der Waals surface area contributed by atoms with Crippen LogP contribution in [0.25, 0.3) is 0 Å². The van der Waals surface area contributed by atoms with Crippen molar-refractivity contribution in [2.45, 2.75) is 46.1 Å². The summed E-state index contributed by atoms with van der Waals surface area (Å²) in [6, 6.07) is 0. The van der Waals surface area contributed by atoms with Crippen molar-refractivity contribution in [2.75, 3.05) is 0 Å². The lowest BCUT2D eigenvalue weighted by atomic mass is 10.2. The van der Waals surface area contributed by atoms with Crippen LogP contribution in [-0.2, 0) is 9.53 Å². The van der Waals surface area contributed by atoms with Crippen LogP contribution in [0.5, 0.6) is 0 Å². The average molecular weight is 199 g/mol. The van der Waals surface area contributed by atoms with Gasteiger partial charge in [-0.3, -0.25) is 0 Å². The first kappa shape index (κ1) is 12.8. The number of ether oxygens (including phenoxy) is 1. The summed E-state index contributed by atoms with van der Waals surface area (Å²) < 4.78 is 4.97. The van der Waals surface area contributed by atoms with Gasteiger partial charge in [-0.15, -0.1) is 0 Å². The Hall–Kier alpha value is -1.19. The number of rotatable bonds is 3. The molecule has 14 heavy (non-hydrogen) atoms. The van der Waals surface area contributed by atoms with Gasteiger partial charge in [0.15, 0.2) is 0 Å². The van der Waals surface area contributed by atoms with Gasteiger partial charge in [0.05, 0.1) is 0 Å². The van der Waals surface area contributed by atoms with Gasteiger partial charge in [0.25, 0.3) is 0 Å². The normalized spacial score (nSPS) is 12.4. The van der Waals surface area contributed by atoms with Gasteiger partial charge in [0.1, 0.15) is 11.9 Å². The lowest BCUT2D eigenvalue weighted by molar-refractivity contribution is -0.107. The highest BCUT2D eigenvalue weighted by Crippen LogP contribution is 2.08. The number of aliphatic imine (C=N–C) groups is 1. The Kier molecular flexibility index (Phi) is 5.05. The lowest BCUT2D eigenvalue weighted by Crippen LogP contribution is -2.22. The predicted octanol–water partition coefficient (Wildman–Crippen LogP) is 2.36. The van der Waals surface area contributed by atoms with E-state index in [4.69, 9.17) is 4.74 Å². The van der Waals surface area contributed by atoms with Crippen LogP contribution in [0, 0.1) is 0 Å². The van der Waals surface area contributed by atoms with Crippen LogP contribution in [0.2, 0.25) is 0 Å². The SMILES string of the molecule is CC(CCC=O)=NC(=O)OC(C)(C)C. The molecule has 0 saturated heterocycles. The molecular weight excluding hydrogens is 182 g/mol. The molecule has 0 spiro atoms. The van der Waals surface area contributed by atoms with E-state index in [1.165, 1.54) is 0 Å². The monoisotopic (exact) mass is 199 g/mol. The molecule has 80 valence electrons. The van der Waals surface area contributed by atoms with Gasteiger partial charge in [-0.2, -0.15) is 4.99 Å². The smallest absolute Gasteiger partial charge is 0.434 e. The molecule has 0 aromatic rings. The quantitative estimate of drug-likeness (QED) is 0.518. The van der Waals surface area contributed by atoms with E-state index < -0.39 is 11.7 Å². The van der Waals surface area contributed by atoms with E-state index in [9.17, 15) is 9.59 Å².